The molecule has 0 spiro atoms. The molecular formula is C13H19NO. The zero-order chi connectivity index (χ0) is 10.7. The summed E-state index contributed by atoms with van der Waals surface area (Å²) in [6.45, 7) is 2.95. The number of benzene rings is 1. The maximum Gasteiger partial charge on any atom is 0.122 e. The van der Waals surface area contributed by atoms with Gasteiger partial charge in [0.25, 0.3) is 0 Å². The average Bonchev–Trinajstić information content (AvgIpc) is 2.29. The van der Waals surface area contributed by atoms with Gasteiger partial charge in [0.15, 0.2) is 0 Å². The van der Waals surface area contributed by atoms with Crippen molar-refractivity contribution < 1.29 is 4.74 Å². The van der Waals surface area contributed by atoms with Crippen molar-refractivity contribution >= 4 is 0 Å². The molecule has 0 amide bonds. The molecule has 0 saturated heterocycles. The predicted molar refractivity (Wildman–Crippen MR) is 62.0 cm³/mol. The van der Waals surface area contributed by atoms with E-state index in [4.69, 9.17) is 10.5 Å². The van der Waals surface area contributed by atoms with Crippen LogP contribution < -0.4 is 10.5 Å². The third-order valence-electron chi connectivity index (χ3n) is 3.14. The number of fused-ring (bicyclic) bond motifs is 1. The van der Waals surface area contributed by atoms with Crippen molar-refractivity contribution in [3.8, 4) is 5.75 Å². The van der Waals surface area contributed by atoms with Gasteiger partial charge in [-0.25, -0.2) is 0 Å². The minimum Gasteiger partial charge on any atom is -0.493 e. The first kappa shape index (κ1) is 10.5. The van der Waals surface area contributed by atoms with Crippen LogP contribution in [0.25, 0.3) is 0 Å². The molecule has 1 unspecified atom stereocenters. The van der Waals surface area contributed by atoms with Gasteiger partial charge in [-0.05, 0) is 24.5 Å². The molecule has 0 bridgehead atoms. The number of rotatable bonds is 3. The van der Waals surface area contributed by atoms with Crippen LogP contribution in [-0.4, -0.2) is 12.6 Å². The highest BCUT2D eigenvalue weighted by atomic mass is 16.5. The second-order valence-corrected chi connectivity index (χ2v) is 4.34. The molecule has 0 saturated carbocycles. The summed E-state index contributed by atoms with van der Waals surface area (Å²) in [5, 5.41) is 0. The Kier molecular flexibility index (Phi) is 3.27. The first-order valence-corrected chi connectivity index (χ1v) is 5.77. The Hall–Kier alpha value is -1.02. The first-order chi connectivity index (χ1) is 7.31. The van der Waals surface area contributed by atoms with E-state index in [-0.39, 0.29) is 6.04 Å². The molecule has 1 aliphatic heterocycles. The monoisotopic (exact) mass is 205 g/mol. The molecule has 2 heteroatoms. The fraction of sp³-hybridized carbons (Fsp3) is 0.538. The van der Waals surface area contributed by atoms with Crippen LogP contribution in [0.2, 0.25) is 0 Å². The number of hydrogen-bond donors (Lipinski definition) is 1. The van der Waals surface area contributed by atoms with Crippen LogP contribution in [0.15, 0.2) is 24.3 Å². The largest absolute Gasteiger partial charge is 0.493 e. The van der Waals surface area contributed by atoms with Gasteiger partial charge in [0, 0.05) is 12.0 Å². The third-order valence-corrected chi connectivity index (χ3v) is 3.14. The highest BCUT2D eigenvalue weighted by Crippen LogP contribution is 2.28. The average molecular weight is 205 g/mol. The van der Waals surface area contributed by atoms with Crippen molar-refractivity contribution in [2.75, 3.05) is 6.61 Å². The lowest BCUT2D eigenvalue weighted by molar-refractivity contribution is 0.195. The van der Waals surface area contributed by atoms with Crippen LogP contribution in [-0.2, 0) is 6.42 Å². The molecule has 2 atom stereocenters. The molecule has 1 aromatic rings. The minimum absolute atomic E-state index is 0.281. The third kappa shape index (κ3) is 2.32. The van der Waals surface area contributed by atoms with Gasteiger partial charge in [-0.2, -0.15) is 0 Å². The van der Waals surface area contributed by atoms with Gasteiger partial charge < -0.3 is 10.5 Å². The second-order valence-electron chi connectivity index (χ2n) is 4.34. The lowest BCUT2D eigenvalue weighted by Crippen LogP contribution is -2.37. The van der Waals surface area contributed by atoms with Crippen LogP contribution >= 0.6 is 0 Å². The molecule has 0 aliphatic carbocycles. The molecular weight excluding hydrogens is 186 g/mol. The zero-order valence-corrected chi connectivity index (χ0v) is 9.28. The van der Waals surface area contributed by atoms with Gasteiger partial charge in [-0.15, -0.1) is 0 Å². The van der Waals surface area contributed by atoms with Crippen LogP contribution in [0, 0.1) is 5.92 Å². The normalized spacial score (nSPS) is 21.6. The van der Waals surface area contributed by atoms with Gasteiger partial charge >= 0.3 is 0 Å². The Morgan fingerprint density at radius 2 is 2.27 bits per heavy atom. The molecule has 2 N–H and O–H groups in total. The Morgan fingerprint density at radius 3 is 3.07 bits per heavy atom. The molecule has 1 aliphatic rings. The van der Waals surface area contributed by atoms with Crippen molar-refractivity contribution in [3.63, 3.8) is 0 Å². The second kappa shape index (κ2) is 4.67. The number of hydrogen-bond acceptors (Lipinski definition) is 2. The Morgan fingerprint density at radius 1 is 1.47 bits per heavy atom. The summed E-state index contributed by atoms with van der Waals surface area (Å²) < 4.78 is 5.72. The molecule has 0 fully saturated rings. The van der Waals surface area contributed by atoms with E-state index in [0.29, 0.717) is 5.92 Å². The standard InChI is InChI=1S/C13H19NO/c1-2-5-12(14)11-8-10-6-3-4-7-13(10)15-9-11/h3-4,6-7,11-12H,2,5,8-9,14H2,1H3/t11?,12-/m0/s1. The summed E-state index contributed by atoms with van der Waals surface area (Å²) in [7, 11) is 0. The van der Waals surface area contributed by atoms with Crippen molar-refractivity contribution in [3.05, 3.63) is 29.8 Å². The first-order valence-electron chi connectivity index (χ1n) is 5.77. The molecule has 2 rings (SSSR count). The highest BCUT2D eigenvalue weighted by Gasteiger charge is 2.24. The number of para-hydroxylation sites is 1. The number of nitrogens with two attached hydrogens (primary N) is 1. The summed E-state index contributed by atoms with van der Waals surface area (Å²) in [5.41, 5.74) is 7.44. The smallest absolute Gasteiger partial charge is 0.122 e. The van der Waals surface area contributed by atoms with Crippen LogP contribution in [0.5, 0.6) is 5.75 Å². The van der Waals surface area contributed by atoms with Gasteiger partial charge in [-0.1, -0.05) is 31.5 Å². The molecule has 1 heterocycles. The topological polar surface area (TPSA) is 35.2 Å². The minimum atomic E-state index is 0.281. The summed E-state index contributed by atoms with van der Waals surface area (Å²) in [6, 6.07) is 8.54. The highest BCUT2D eigenvalue weighted by molar-refractivity contribution is 5.35. The van der Waals surface area contributed by atoms with E-state index in [2.05, 4.69) is 19.1 Å². The Bertz CT molecular complexity index is 324. The van der Waals surface area contributed by atoms with E-state index in [1.165, 1.54) is 5.56 Å². The summed E-state index contributed by atoms with van der Waals surface area (Å²) in [6.07, 6.45) is 3.31. The fourth-order valence-corrected chi connectivity index (χ4v) is 2.20. The van der Waals surface area contributed by atoms with Crippen LogP contribution in [0.1, 0.15) is 25.3 Å². The predicted octanol–water partition coefficient (Wildman–Crippen LogP) is 2.37. The molecule has 15 heavy (non-hydrogen) atoms. The van der Waals surface area contributed by atoms with E-state index in [1.807, 2.05) is 12.1 Å². The maximum atomic E-state index is 6.14. The quantitative estimate of drug-likeness (QED) is 0.822. The van der Waals surface area contributed by atoms with Gasteiger partial charge in [-0.3, -0.25) is 0 Å². The SMILES string of the molecule is CCC[C@H](N)C1COc2ccccc2C1. The van der Waals surface area contributed by atoms with Gasteiger partial charge in [0.05, 0.1) is 6.61 Å². The maximum absolute atomic E-state index is 6.14. The van der Waals surface area contributed by atoms with Crippen LogP contribution in [0.4, 0.5) is 0 Å². The molecule has 1 aromatic carbocycles. The molecule has 0 aromatic heterocycles. The van der Waals surface area contributed by atoms with Crippen LogP contribution in [0.3, 0.4) is 0 Å². The van der Waals surface area contributed by atoms with Crippen molar-refractivity contribution in [1.29, 1.82) is 0 Å². The van der Waals surface area contributed by atoms with E-state index in [9.17, 15) is 0 Å². The molecule has 2 nitrogen and oxygen atoms in total. The van der Waals surface area contributed by atoms with Gasteiger partial charge in [0.1, 0.15) is 5.75 Å². The lowest BCUT2D eigenvalue weighted by atomic mass is 9.89. The van der Waals surface area contributed by atoms with Crippen molar-refractivity contribution in [1.82, 2.24) is 0 Å². The Labute approximate surface area is 91.4 Å². The lowest BCUT2D eigenvalue weighted by Gasteiger charge is -2.29. The number of ether oxygens (including phenoxy) is 1. The molecule has 0 radical (unpaired) electrons. The van der Waals surface area contributed by atoms with E-state index >= 15 is 0 Å². The summed E-state index contributed by atoms with van der Waals surface area (Å²) in [5.74, 6) is 1.53. The Balaban J connectivity index is 2.05. The summed E-state index contributed by atoms with van der Waals surface area (Å²) >= 11 is 0. The van der Waals surface area contributed by atoms with Gasteiger partial charge in [0.2, 0.25) is 0 Å². The van der Waals surface area contributed by atoms with E-state index in [1.54, 1.807) is 0 Å². The summed E-state index contributed by atoms with van der Waals surface area (Å²) in [4.78, 5) is 0. The fourth-order valence-electron chi connectivity index (χ4n) is 2.20. The molecule has 82 valence electrons. The zero-order valence-electron chi connectivity index (χ0n) is 9.28. The van der Waals surface area contributed by atoms with E-state index < -0.39 is 0 Å². The van der Waals surface area contributed by atoms with E-state index in [0.717, 1.165) is 31.6 Å². The van der Waals surface area contributed by atoms with Crippen molar-refractivity contribution in [2.24, 2.45) is 11.7 Å². The van der Waals surface area contributed by atoms with Crippen molar-refractivity contribution in [2.45, 2.75) is 32.2 Å².